The molecule has 1 aliphatic rings. The van der Waals surface area contributed by atoms with Crippen molar-refractivity contribution in [1.29, 1.82) is 0 Å². The van der Waals surface area contributed by atoms with Gasteiger partial charge in [0.1, 0.15) is 17.5 Å². The molecule has 0 fully saturated rings. The molecule has 0 radical (unpaired) electrons. The molecule has 2 aromatic rings. The van der Waals surface area contributed by atoms with Gasteiger partial charge in [-0.2, -0.15) is 4.91 Å². The molecule has 1 atom stereocenters. The normalized spacial score (nSPS) is 13.9. The van der Waals surface area contributed by atoms with Crippen molar-refractivity contribution in [1.82, 2.24) is 4.90 Å². The molecule has 3 rings (SSSR count). The van der Waals surface area contributed by atoms with E-state index in [1.807, 2.05) is 31.2 Å². The second-order valence-electron chi connectivity index (χ2n) is 7.67. The minimum atomic E-state index is -0.347. The Labute approximate surface area is 171 Å². The zero-order chi connectivity index (χ0) is 21.1. The molecule has 1 aliphatic heterocycles. The van der Waals surface area contributed by atoms with Gasteiger partial charge >= 0.3 is 0 Å². The van der Waals surface area contributed by atoms with Crippen LogP contribution in [0.2, 0.25) is 0 Å². The summed E-state index contributed by atoms with van der Waals surface area (Å²) >= 11 is 0. The minimum Gasteiger partial charge on any atom is -0.496 e. The quantitative estimate of drug-likeness (QED) is 0.603. The van der Waals surface area contributed by atoms with Crippen LogP contribution in [0.25, 0.3) is 0 Å². The van der Waals surface area contributed by atoms with Crippen LogP contribution in [-0.4, -0.2) is 25.0 Å². The van der Waals surface area contributed by atoms with Crippen LogP contribution in [0.4, 0.5) is 0 Å². The van der Waals surface area contributed by atoms with Crippen molar-refractivity contribution in [2.24, 2.45) is 5.18 Å². The average Bonchev–Trinajstić information content (AvgIpc) is 3.16. The molecule has 154 valence electrons. The van der Waals surface area contributed by atoms with Gasteiger partial charge in [0, 0.05) is 19.2 Å². The summed E-state index contributed by atoms with van der Waals surface area (Å²) in [4.78, 5) is 26.2. The smallest absolute Gasteiger partial charge is 0.258 e. The highest BCUT2D eigenvalue weighted by Gasteiger charge is 2.28. The van der Waals surface area contributed by atoms with Crippen LogP contribution in [0.15, 0.2) is 35.5 Å². The summed E-state index contributed by atoms with van der Waals surface area (Å²) in [6.07, 6.45) is 0.659. The van der Waals surface area contributed by atoms with Gasteiger partial charge in [0.05, 0.1) is 19.8 Å². The maximum atomic E-state index is 13.3. The highest BCUT2D eigenvalue weighted by atomic mass is 16.5. The molecule has 0 N–H and O–H groups in total. The fourth-order valence-corrected chi connectivity index (χ4v) is 3.85. The second-order valence-corrected chi connectivity index (χ2v) is 7.67. The number of methoxy groups -OCH3 is 2. The Balaban J connectivity index is 1.91. The van der Waals surface area contributed by atoms with E-state index >= 15 is 0 Å². The molecular formula is C23H28N2O4. The molecule has 29 heavy (non-hydrogen) atoms. The predicted octanol–water partition coefficient (Wildman–Crippen LogP) is 5.20. The maximum Gasteiger partial charge on any atom is 0.258 e. The van der Waals surface area contributed by atoms with Crippen LogP contribution in [0.3, 0.4) is 0 Å². The highest BCUT2D eigenvalue weighted by Crippen LogP contribution is 2.36. The molecule has 1 heterocycles. The predicted molar refractivity (Wildman–Crippen MR) is 112 cm³/mol. The van der Waals surface area contributed by atoms with Gasteiger partial charge in [-0.05, 0) is 40.7 Å². The third kappa shape index (κ3) is 3.97. The van der Waals surface area contributed by atoms with Crippen molar-refractivity contribution in [3.05, 3.63) is 63.1 Å². The maximum absolute atomic E-state index is 13.3. The Kier molecular flexibility index (Phi) is 6.20. The first-order chi connectivity index (χ1) is 13.9. The number of carbonyl (C=O) groups excluding carboxylic acids is 1. The lowest BCUT2D eigenvalue weighted by atomic mass is 9.98. The molecular weight excluding hydrogens is 368 g/mol. The van der Waals surface area contributed by atoms with E-state index in [0.717, 1.165) is 28.0 Å². The Morgan fingerprint density at radius 1 is 1.07 bits per heavy atom. The molecule has 0 saturated heterocycles. The number of fused-ring (bicyclic) bond motifs is 1. The SMILES string of the molecule is CCC(N=O)c1ccc2c(c1)CN(C(=O)c1cc(C(C)C)c(OC)cc1OC)C2. The summed E-state index contributed by atoms with van der Waals surface area (Å²) in [6, 6.07) is 9.25. The molecule has 0 spiro atoms. The van der Waals surface area contributed by atoms with Gasteiger partial charge in [-0.3, -0.25) is 4.79 Å². The average molecular weight is 396 g/mol. The van der Waals surface area contributed by atoms with Crippen LogP contribution >= 0.6 is 0 Å². The third-order valence-corrected chi connectivity index (χ3v) is 5.54. The first-order valence-corrected chi connectivity index (χ1v) is 9.92. The molecule has 0 aliphatic carbocycles. The Morgan fingerprint density at radius 3 is 2.34 bits per heavy atom. The van der Waals surface area contributed by atoms with Crippen LogP contribution in [-0.2, 0) is 13.1 Å². The van der Waals surface area contributed by atoms with Crippen LogP contribution in [0.5, 0.6) is 11.5 Å². The summed E-state index contributed by atoms with van der Waals surface area (Å²) in [5.74, 6) is 1.35. The van der Waals surface area contributed by atoms with Gasteiger partial charge in [-0.15, -0.1) is 0 Å². The van der Waals surface area contributed by atoms with Crippen molar-refractivity contribution in [2.75, 3.05) is 14.2 Å². The monoisotopic (exact) mass is 396 g/mol. The summed E-state index contributed by atoms with van der Waals surface area (Å²) < 4.78 is 11.0. The topological polar surface area (TPSA) is 68.2 Å². The lowest BCUT2D eigenvalue weighted by Gasteiger charge is -2.20. The number of rotatable bonds is 7. The fourth-order valence-electron chi connectivity index (χ4n) is 3.85. The second kappa shape index (κ2) is 8.64. The summed E-state index contributed by atoms with van der Waals surface area (Å²) in [5, 5.41) is 3.21. The zero-order valence-corrected chi connectivity index (χ0v) is 17.7. The summed E-state index contributed by atoms with van der Waals surface area (Å²) in [7, 11) is 3.18. The number of hydrogen-bond acceptors (Lipinski definition) is 5. The van der Waals surface area contributed by atoms with Gasteiger partial charge in [0.2, 0.25) is 0 Å². The van der Waals surface area contributed by atoms with E-state index in [0.29, 0.717) is 30.8 Å². The summed E-state index contributed by atoms with van der Waals surface area (Å²) in [6.45, 7) is 7.11. The number of ether oxygens (including phenoxy) is 2. The largest absolute Gasteiger partial charge is 0.496 e. The fraction of sp³-hybridized carbons (Fsp3) is 0.435. The van der Waals surface area contributed by atoms with Gasteiger partial charge in [-0.25, -0.2) is 0 Å². The molecule has 0 bridgehead atoms. The zero-order valence-electron chi connectivity index (χ0n) is 17.7. The standard InChI is InChI=1S/C23H28N2O4/c1-6-20(24-27)15-7-8-16-12-25(13-17(16)9-15)23(26)19-10-18(14(2)3)21(28-4)11-22(19)29-5/h7-11,14,20H,6,12-13H2,1-5H3. The van der Waals surface area contributed by atoms with E-state index in [-0.39, 0.29) is 17.9 Å². The molecule has 1 amide bonds. The molecule has 0 saturated carbocycles. The Hall–Kier alpha value is -2.89. The number of nitrogens with zero attached hydrogens (tertiary/aromatic N) is 2. The lowest BCUT2D eigenvalue weighted by molar-refractivity contribution is 0.0747. The van der Waals surface area contributed by atoms with Crippen molar-refractivity contribution < 1.29 is 14.3 Å². The molecule has 6 heteroatoms. The molecule has 2 aromatic carbocycles. The number of carbonyl (C=O) groups is 1. The number of nitroso groups, excluding NO2 is 1. The lowest BCUT2D eigenvalue weighted by Crippen LogP contribution is -2.26. The molecule has 0 aromatic heterocycles. The van der Waals surface area contributed by atoms with E-state index in [1.165, 1.54) is 0 Å². The van der Waals surface area contributed by atoms with E-state index in [1.54, 1.807) is 25.2 Å². The van der Waals surface area contributed by atoms with Gasteiger partial charge < -0.3 is 14.4 Å². The van der Waals surface area contributed by atoms with E-state index in [9.17, 15) is 9.70 Å². The van der Waals surface area contributed by atoms with Gasteiger partial charge in [0.25, 0.3) is 5.91 Å². The number of amides is 1. The van der Waals surface area contributed by atoms with Crippen molar-refractivity contribution in [3.8, 4) is 11.5 Å². The van der Waals surface area contributed by atoms with Crippen LogP contribution < -0.4 is 9.47 Å². The highest BCUT2D eigenvalue weighted by molar-refractivity contribution is 5.97. The van der Waals surface area contributed by atoms with Crippen molar-refractivity contribution in [3.63, 3.8) is 0 Å². The molecule has 1 unspecified atom stereocenters. The van der Waals surface area contributed by atoms with Gasteiger partial charge in [0.15, 0.2) is 0 Å². The van der Waals surface area contributed by atoms with E-state index in [2.05, 4.69) is 19.0 Å². The first-order valence-electron chi connectivity index (χ1n) is 9.92. The minimum absolute atomic E-state index is 0.0790. The third-order valence-electron chi connectivity index (χ3n) is 5.54. The first kappa shape index (κ1) is 20.8. The van der Waals surface area contributed by atoms with Crippen molar-refractivity contribution >= 4 is 5.91 Å². The number of hydrogen-bond donors (Lipinski definition) is 0. The van der Waals surface area contributed by atoms with Crippen LogP contribution in [0, 0.1) is 4.91 Å². The Bertz CT molecular complexity index is 923. The number of benzene rings is 2. The van der Waals surface area contributed by atoms with Gasteiger partial charge in [-0.1, -0.05) is 44.1 Å². The summed E-state index contributed by atoms with van der Waals surface area (Å²) in [5.41, 5.74) is 4.57. The van der Waals surface area contributed by atoms with Crippen LogP contribution in [0.1, 0.15) is 71.8 Å². The van der Waals surface area contributed by atoms with E-state index in [4.69, 9.17) is 9.47 Å². The van der Waals surface area contributed by atoms with Crippen molar-refractivity contribution in [2.45, 2.75) is 52.2 Å². The Morgan fingerprint density at radius 2 is 1.76 bits per heavy atom. The van der Waals surface area contributed by atoms with E-state index < -0.39 is 0 Å². The molecule has 6 nitrogen and oxygen atoms in total.